The summed E-state index contributed by atoms with van der Waals surface area (Å²) in [6.07, 6.45) is 25.5. The number of rotatable bonds is 10. The number of hydrogen-bond acceptors (Lipinski definition) is 4. The maximum atomic E-state index is 10.8. The van der Waals surface area contributed by atoms with Gasteiger partial charge in [0.05, 0.1) is 18.6 Å². The number of unbranched alkanes of at least 4 members (excludes halogenated alkanes) is 3. The Labute approximate surface area is 174 Å². The molecule has 29 heavy (non-hydrogen) atoms. The van der Waals surface area contributed by atoms with E-state index in [-0.39, 0.29) is 24.7 Å². The summed E-state index contributed by atoms with van der Waals surface area (Å²) in [6, 6.07) is 0. The Hall–Kier alpha value is -1.43. The molecule has 3 aliphatic rings. The highest BCUT2D eigenvalue weighted by molar-refractivity contribution is 5.67. The van der Waals surface area contributed by atoms with E-state index in [9.17, 15) is 4.79 Å². The number of hydrogen-bond donors (Lipinski definition) is 1. The highest BCUT2D eigenvalue weighted by atomic mass is 17.2. The van der Waals surface area contributed by atoms with E-state index >= 15 is 0 Å². The highest BCUT2D eigenvalue weighted by Gasteiger charge is 2.36. The topological polar surface area (TPSA) is 65.0 Å². The third-order valence-electron chi connectivity index (χ3n) is 6.19. The lowest BCUT2D eigenvalue weighted by Gasteiger charge is -2.30. The molecule has 2 saturated heterocycles. The first-order valence-corrected chi connectivity index (χ1v) is 11.4. The summed E-state index contributed by atoms with van der Waals surface area (Å²) in [5.41, 5.74) is 0. The van der Waals surface area contributed by atoms with Crippen LogP contribution < -0.4 is 0 Å². The fraction of sp³-hybridized carbons (Fsp3) is 0.708. The van der Waals surface area contributed by atoms with Crippen LogP contribution in [0.1, 0.15) is 77.0 Å². The second kappa shape index (κ2) is 12.3. The molecule has 162 valence electrons. The standard InChI is InChI=1S/C24H36O5/c25-24(26)18-21-15-17-23(29-28-21)22-16-14-20(27-22)13-9-5-4-8-12-19-10-6-2-1-3-7-11-19/h1-3,6-7,10,19-23H,4-5,8-9,11-18H2,(H,25,26)/b2-1-,7-3-,10-6-/t19?,20-,21-,22-,23-/m0/s1. The average Bonchev–Trinajstić information content (AvgIpc) is 3.15. The molecule has 1 N–H and O–H groups in total. The minimum atomic E-state index is -0.843. The van der Waals surface area contributed by atoms with Crippen LogP contribution in [0, 0.1) is 5.92 Å². The molecule has 0 aromatic heterocycles. The van der Waals surface area contributed by atoms with Gasteiger partial charge in [0, 0.05) is 0 Å². The molecule has 0 radical (unpaired) electrons. The van der Waals surface area contributed by atoms with E-state index in [0.717, 1.165) is 38.5 Å². The maximum Gasteiger partial charge on any atom is 0.306 e. The average molecular weight is 405 g/mol. The summed E-state index contributed by atoms with van der Waals surface area (Å²) in [6.45, 7) is 0. The quantitative estimate of drug-likeness (QED) is 0.384. The Kier molecular flexibility index (Phi) is 9.45. The zero-order chi connectivity index (χ0) is 20.3. The van der Waals surface area contributed by atoms with Gasteiger partial charge in [-0.15, -0.1) is 0 Å². The zero-order valence-corrected chi connectivity index (χ0v) is 17.4. The van der Waals surface area contributed by atoms with Gasteiger partial charge >= 0.3 is 5.97 Å². The van der Waals surface area contributed by atoms with E-state index in [2.05, 4.69) is 36.5 Å². The van der Waals surface area contributed by atoms with Crippen LogP contribution >= 0.6 is 0 Å². The van der Waals surface area contributed by atoms with Crippen molar-refractivity contribution >= 4 is 5.97 Å². The molecule has 0 saturated carbocycles. The Morgan fingerprint density at radius 3 is 2.38 bits per heavy atom. The van der Waals surface area contributed by atoms with Crippen molar-refractivity contribution in [2.24, 2.45) is 5.92 Å². The van der Waals surface area contributed by atoms with E-state index in [1.54, 1.807) is 0 Å². The van der Waals surface area contributed by atoms with Gasteiger partial charge in [0.1, 0.15) is 12.2 Å². The maximum absolute atomic E-state index is 10.8. The first-order chi connectivity index (χ1) is 14.2. The van der Waals surface area contributed by atoms with Crippen molar-refractivity contribution in [1.82, 2.24) is 0 Å². The van der Waals surface area contributed by atoms with E-state index in [1.165, 1.54) is 32.1 Å². The number of allylic oxidation sites excluding steroid dienone is 6. The summed E-state index contributed by atoms with van der Waals surface area (Å²) >= 11 is 0. The van der Waals surface area contributed by atoms with Crippen LogP contribution in [0.2, 0.25) is 0 Å². The Balaban J connectivity index is 1.22. The summed E-state index contributed by atoms with van der Waals surface area (Å²) < 4.78 is 6.20. The number of carbonyl (C=O) groups is 1. The molecule has 0 amide bonds. The van der Waals surface area contributed by atoms with E-state index in [0.29, 0.717) is 12.0 Å². The van der Waals surface area contributed by atoms with Crippen molar-refractivity contribution in [3.63, 3.8) is 0 Å². The molecule has 2 heterocycles. The molecule has 1 unspecified atom stereocenters. The lowest BCUT2D eigenvalue weighted by molar-refractivity contribution is -0.385. The van der Waals surface area contributed by atoms with Crippen LogP contribution in [0.4, 0.5) is 0 Å². The van der Waals surface area contributed by atoms with Gasteiger partial charge in [0.15, 0.2) is 0 Å². The predicted molar refractivity (Wildman–Crippen MR) is 112 cm³/mol. The first-order valence-electron chi connectivity index (χ1n) is 11.4. The lowest BCUT2D eigenvalue weighted by atomic mass is 9.95. The van der Waals surface area contributed by atoms with Gasteiger partial charge < -0.3 is 9.84 Å². The molecule has 3 rings (SSSR count). The van der Waals surface area contributed by atoms with Gasteiger partial charge in [0.25, 0.3) is 0 Å². The van der Waals surface area contributed by atoms with E-state index in [1.807, 2.05) is 0 Å². The first kappa shape index (κ1) is 22.3. The van der Waals surface area contributed by atoms with Crippen LogP contribution in [0.5, 0.6) is 0 Å². The smallest absolute Gasteiger partial charge is 0.306 e. The second-order valence-electron chi connectivity index (χ2n) is 8.59. The third kappa shape index (κ3) is 8.07. The summed E-state index contributed by atoms with van der Waals surface area (Å²) in [7, 11) is 0. The third-order valence-corrected chi connectivity index (χ3v) is 6.19. The van der Waals surface area contributed by atoms with Crippen LogP contribution in [-0.2, 0) is 19.3 Å². The minimum absolute atomic E-state index is 0.00561. The summed E-state index contributed by atoms with van der Waals surface area (Å²) in [5, 5.41) is 8.83. The van der Waals surface area contributed by atoms with Crippen LogP contribution in [0.25, 0.3) is 0 Å². The monoisotopic (exact) mass is 404 g/mol. The van der Waals surface area contributed by atoms with Crippen molar-refractivity contribution in [2.45, 2.75) is 101 Å². The fourth-order valence-electron chi connectivity index (χ4n) is 4.50. The van der Waals surface area contributed by atoms with Crippen molar-refractivity contribution in [3.8, 4) is 0 Å². The number of ether oxygens (including phenoxy) is 1. The molecule has 1 aliphatic carbocycles. The number of aliphatic carboxylic acids is 1. The van der Waals surface area contributed by atoms with Gasteiger partial charge in [0.2, 0.25) is 0 Å². The highest BCUT2D eigenvalue weighted by Crippen LogP contribution is 2.32. The lowest BCUT2D eigenvalue weighted by Crippen LogP contribution is -2.37. The van der Waals surface area contributed by atoms with E-state index < -0.39 is 5.97 Å². The molecule has 0 aromatic carbocycles. The minimum Gasteiger partial charge on any atom is -0.481 e. The van der Waals surface area contributed by atoms with Crippen LogP contribution in [-0.4, -0.2) is 35.5 Å². The summed E-state index contributed by atoms with van der Waals surface area (Å²) in [4.78, 5) is 21.5. The number of carboxylic acids is 1. The van der Waals surface area contributed by atoms with Crippen LogP contribution in [0.3, 0.4) is 0 Å². The molecular weight excluding hydrogens is 368 g/mol. The largest absolute Gasteiger partial charge is 0.481 e. The molecule has 5 nitrogen and oxygen atoms in total. The predicted octanol–water partition coefficient (Wildman–Crippen LogP) is 5.52. The molecule has 0 bridgehead atoms. The second-order valence-corrected chi connectivity index (χ2v) is 8.59. The van der Waals surface area contributed by atoms with E-state index in [4.69, 9.17) is 19.6 Å². The molecule has 0 spiro atoms. The molecule has 5 heteroatoms. The molecule has 5 atom stereocenters. The van der Waals surface area contributed by atoms with Gasteiger partial charge in [-0.3, -0.25) is 4.79 Å². The Morgan fingerprint density at radius 2 is 1.59 bits per heavy atom. The van der Waals surface area contributed by atoms with Crippen molar-refractivity contribution in [1.29, 1.82) is 0 Å². The zero-order valence-electron chi connectivity index (χ0n) is 17.4. The molecule has 2 aliphatic heterocycles. The summed E-state index contributed by atoms with van der Waals surface area (Å²) in [5.74, 6) is -0.160. The molecule has 2 fully saturated rings. The van der Waals surface area contributed by atoms with Crippen molar-refractivity contribution in [3.05, 3.63) is 36.5 Å². The fourth-order valence-corrected chi connectivity index (χ4v) is 4.50. The van der Waals surface area contributed by atoms with Crippen molar-refractivity contribution < 1.29 is 24.4 Å². The van der Waals surface area contributed by atoms with Crippen molar-refractivity contribution in [2.75, 3.05) is 0 Å². The molecular formula is C24H36O5. The normalized spacial score (nSPS) is 35.5. The van der Waals surface area contributed by atoms with Gasteiger partial charge in [-0.25, -0.2) is 9.78 Å². The molecule has 0 aromatic rings. The Bertz CT molecular complexity index is 574. The Morgan fingerprint density at radius 1 is 0.828 bits per heavy atom. The number of carboxylic acid groups (broad SMARTS) is 1. The van der Waals surface area contributed by atoms with Gasteiger partial charge in [-0.1, -0.05) is 62.1 Å². The van der Waals surface area contributed by atoms with Gasteiger partial charge in [-0.05, 0) is 50.9 Å². The van der Waals surface area contributed by atoms with Crippen LogP contribution in [0.15, 0.2) is 36.5 Å². The SMILES string of the molecule is O=C(O)C[C@@H]1CC[C@@H]([C@@H]2CC[C@H](CCCCCCC3\C=C/C=C\C=C/C3)O2)OO1. The van der Waals surface area contributed by atoms with Gasteiger partial charge in [-0.2, -0.15) is 0 Å².